The number of hydrogen-bond donors (Lipinski definition) is 1. The minimum absolute atomic E-state index is 0.329. The van der Waals surface area contributed by atoms with E-state index in [1.165, 1.54) is 6.07 Å². The second-order valence-electron chi connectivity index (χ2n) is 5.33. The number of imidazole rings is 1. The first-order valence-electron chi connectivity index (χ1n) is 7.82. The predicted molar refractivity (Wildman–Crippen MR) is 94.1 cm³/mol. The number of benzene rings is 3. The van der Waals surface area contributed by atoms with Crippen LogP contribution in [0.5, 0.6) is 11.5 Å². The Balaban J connectivity index is 0.000000151. The molecule has 0 atom stereocenters. The number of aromatic amines is 1. The summed E-state index contributed by atoms with van der Waals surface area (Å²) in [6, 6.07) is 25.9. The number of halogens is 3. The molecule has 132 valence electrons. The van der Waals surface area contributed by atoms with Crippen molar-refractivity contribution in [3.05, 3.63) is 90.8 Å². The minimum atomic E-state index is -4.40. The van der Waals surface area contributed by atoms with Crippen LogP contribution in [-0.4, -0.2) is 9.97 Å². The van der Waals surface area contributed by atoms with Gasteiger partial charge in [0, 0.05) is 0 Å². The zero-order chi connectivity index (χ0) is 18.4. The van der Waals surface area contributed by atoms with Crippen LogP contribution >= 0.6 is 0 Å². The Hall–Kier alpha value is -3.28. The Morgan fingerprint density at radius 2 is 1.19 bits per heavy atom. The van der Waals surface area contributed by atoms with Crippen LogP contribution in [0.15, 0.2) is 84.9 Å². The Kier molecular flexibility index (Phi) is 5.22. The average Bonchev–Trinajstić information content (AvgIpc) is 3.09. The van der Waals surface area contributed by atoms with Crippen LogP contribution in [0.2, 0.25) is 0 Å². The van der Waals surface area contributed by atoms with Crippen molar-refractivity contribution in [3.63, 3.8) is 0 Å². The molecule has 6 heteroatoms. The summed E-state index contributed by atoms with van der Waals surface area (Å²) in [6.07, 6.45) is -4.40. The maximum atomic E-state index is 12.1. The Bertz CT molecular complexity index is 880. The fraction of sp³-hybridized carbons (Fsp3) is 0.0500. The van der Waals surface area contributed by atoms with Gasteiger partial charge in [0.1, 0.15) is 11.5 Å². The molecular weight excluding hydrogens is 341 g/mol. The van der Waals surface area contributed by atoms with Gasteiger partial charge in [-0.2, -0.15) is 13.2 Å². The third-order valence-corrected chi connectivity index (χ3v) is 3.38. The molecule has 4 aromatic rings. The summed E-state index contributed by atoms with van der Waals surface area (Å²) in [5.41, 5.74) is 0.727. The zero-order valence-electron chi connectivity index (χ0n) is 13.6. The lowest BCUT2D eigenvalue weighted by molar-refractivity contribution is -0.144. The lowest BCUT2D eigenvalue weighted by atomic mass is 10.3. The number of ether oxygens (including phenoxy) is 1. The van der Waals surface area contributed by atoms with Gasteiger partial charge in [-0.25, -0.2) is 4.98 Å². The number of hydrogen-bond acceptors (Lipinski definition) is 2. The summed E-state index contributed by atoms with van der Waals surface area (Å²) in [7, 11) is 0. The lowest BCUT2D eigenvalue weighted by Crippen LogP contribution is -2.06. The fourth-order valence-electron chi connectivity index (χ4n) is 2.20. The quantitative estimate of drug-likeness (QED) is 0.474. The first kappa shape index (κ1) is 17.5. The summed E-state index contributed by atoms with van der Waals surface area (Å²) >= 11 is 0. The fourth-order valence-corrected chi connectivity index (χ4v) is 2.20. The van der Waals surface area contributed by atoms with Crippen molar-refractivity contribution in [2.24, 2.45) is 0 Å². The third kappa shape index (κ3) is 4.63. The van der Waals surface area contributed by atoms with E-state index in [9.17, 15) is 13.2 Å². The van der Waals surface area contributed by atoms with Gasteiger partial charge in [-0.15, -0.1) is 0 Å². The van der Waals surface area contributed by atoms with Gasteiger partial charge in [-0.3, -0.25) is 0 Å². The van der Waals surface area contributed by atoms with Crippen LogP contribution in [0.25, 0.3) is 11.0 Å². The molecule has 1 aromatic heterocycles. The molecule has 0 unspecified atom stereocenters. The highest BCUT2D eigenvalue weighted by molar-refractivity contribution is 5.74. The number of alkyl halides is 3. The van der Waals surface area contributed by atoms with Crippen molar-refractivity contribution in [1.82, 2.24) is 9.97 Å². The maximum Gasteiger partial charge on any atom is 0.449 e. The second-order valence-corrected chi connectivity index (χ2v) is 5.33. The number of aromatic nitrogens is 2. The molecule has 1 heterocycles. The third-order valence-electron chi connectivity index (χ3n) is 3.38. The molecule has 3 nitrogen and oxygen atoms in total. The van der Waals surface area contributed by atoms with E-state index in [2.05, 4.69) is 9.97 Å². The van der Waals surface area contributed by atoms with Gasteiger partial charge < -0.3 is 9.72 Å². The molecule has 0 aliphatic heterocycles. The van der Waals surface area contributed by atoms with Crippen LogP contribution in [0, 0.1) is 0 Å². The second kappa shape index (κ2) is 7.74. The van der Waals surface area contributed by atoms with E-state index in [4.69, 9.17) is 4.74 Å². The van der Waals surface area contributed by atoms with Crippen LogP contribution in [0.1, 0.15) is 5.82 Å². The van der Waals surface area contributed by atoms with E-state index in [1.54, 1.807) is 18.2 Å². The van der Waals surface area contributed by atoms with Crippen molar-refractivity contribution < 1.29 is 17.9 Å². The molecule has 0 aliphatic carbocycles. The summed E-state index contributed by atoms with van der Waals surface area (Å²) in [5, 5.41) is 0. The number of nitrogens with one attached hydrogen (secondary N) is 1. The summed E-state index contributed by atoms with van der Waals surface area (Å²) in [4.78, 5) is 5.60. The molecule has 0 spiro atoms. The molecular formula is C20H15F3N2O. The number of fused-ring (bicyclic) bond motifs is 1. The molecule has 3 aromatic carbocycles. The van der Waals surface area contributed by atoms with E-state index in [0.717, 1.165) is 11.5 Å². The molecule has 0 fully saturated rings. The maximum absolute atomic E-state index is 12.1. The van der Waals surface area contributed by atoms with E-state index in [1.807, 2.05) is 60.7 Å². The molecule has 0 amide bonds. The number of nitrogens with zero attached hydrogens (tertiary/aromatic N) is 1. The number of rotatable bonds is 2. The highest BCUT2D eigenvalue weighted by Gasteiger charge is 2.34. The topological polar surface area (TPSA) is 37.9 Å². The van der Waals surface area contributed by atoms with Gasteiger partial charge in [0.2, 0.25) is 5.82 Å². The summed E-state index contributed by atoms with van der Waals surface area (Å²) < 4.78 is 42.0. The van der Waals surface area contributed by atoms with Crippen molar-refractivity contribution in [3.8, 4) is 11.5 Å². The van der Waals surface area contributed by atoms with E-state index >= 15 is 0 Å². The van der Waals surface area contributed by atoms with Crippen molar-refractivity contribution in [1.29, 1.82) is 0 Å². The molecule has 0 saturated carbocycles. The largest absolute Gasteiger partial charge is 0.457 e. The Morgan fingerprint density at radius 3 is 1.69 bits per heavy atom. The van der Waals surface area contributed by atoms with Gasteiger partial charge in [0.25, 0.3) is 0 Å². The normalized spacial score (nSPS) is 10.9. The van der Waals surface area contributed by atoms with Crippen LogP contribution in [0.4, 0.5) is 13.2 Å². The van der Waals surface area contributed by atoms with E-state index in [0.29, 0.717) is 11.0 Å². The molecule has 0 bridgehead atoms. The predicted octanol–water partition coefficient (Wildman–Crippen LogP) is 6.06. The van der Waals surface area contributed by atoms with Crippen molar-refractivity contribution in [2.45, 2.75) is 6.18 Å². The summed E-state index contributed by atoms with van der Waals surface area (Å²) in [6.45, 7) is 0. The Morgan fingerprint density at radius 1 is 0.692 bits per heavy atom. The van der Waals surface area contributed by atoms with Gasteiger partial charge in [0.05, 0.1) is 11.0 Å². The first-order chi connectivity index (χ1) is 12.5. The molecule has 0 aliphatic rings. The van der Waals surface area contributed by atoms with Gasteiger partial charge in [-0.05, 0) is 36.4 Å². The molecule has 1 N–H and O–H groups in total. The smallest absolute Gasteiger partial charge is 0.449 e. The standard InChI is InChI=1S/C12H10O.C8H5F3N2/c1-3-7-11(8-4-1)13-12-9-5-2-6-10-12;9-8(10,11)7-12-5-3-1-2-4-6(5)13-7/h1-10H;1-4H,(H,12,13). The summed E-state index contributed by atoms with van der Waals surface area (Å²) in [5.74, 6) is 0.788. The molecule has 0 radical (unpaired) electrons. The molecule has 0 saturated heterocycles. The minimum Gasteiger partial charge on any atom is -0.457 e. The molecule has 26 heavy (non-hydrogen) atoms. The molecule has 4 rings (SSSR count). The number of para-hydroxylation sites is 4. The highest BCUT2D eigenvalue weighted by Crippen LogP contribution is 2.28. The van der Waals surface area contributed by atoms with Crippen LogP contribution in [-0.2, 0) is 6.18 Å². The van der Waals surface area contributed by atoms with E-state index < -0.39 is 12.0 Å². The van der Waals surface area contributed by atoms with Gasteiger partial charge in [0.15, 0.2) is 0 Å². The van der Waals surface area contributed by atoms with Crippen molar-refractivity contribution >= 4 is 11.0 Å². The SMILES string of the molecule is FC(F)(F)c1nc2ccccc2[nH]1.c1ccc(Oc2ccccc2)cc1. The van der Waals surface area contributed by atoms with Gasteiger partial charge >= 0.3 is 6.18 Å². The van der Waals surface area contributed by atoms with E-state index in [-0.39, 0.29) is 0 Å². The highest BCUT2D eigenvalue weighted by atomic mass is 19.4. The van der Waals surface area contributed by atoms with Gasteiger partial charge in [-0.1, -0.05) is 48.5 Å². The van der Waals surface area contributed by atoms with Crippen molar-refractivity contribution in [2.75, 3.05) is 0 Å². The first-order valence-corrected chi connectivity index (χ1v) is 7.82. The van der Waals surface area contributed by atoms with Crippen LogP contribution in [0.3, 0.4) is 0 Å². The zero-order valence-corrected chi connectivity index (χ0v) is 13.6. The monoisotopic (exact) mass is 356 g/mol. The van der Waals surface area contributed by atoms with Crippen LogP contribution < -0.4 is 4.74 Å². The average molecular weight is 356 g/mol. The lowest BCUT2D eigenvalue weighted by Gasteiger charge is -2.03. The number of H-pyrrole nitrogens is 1. The Labute approximate surface area is 148 Å².